The van der Waals surface area contributed by atoms with Gasteiger partial charge in [0.2, 0.25) is 0 Å². The molecule has 0 spiro atoms. The van der Waals surface area contributed by atoms with Gasteiger partial charge < -0.3 is 15.2 Å². The quantitative estimate of drug-likeness (QED) is 0.753. The molecule has 0 aliphatic carbocycles. The molecule has 5 nitrogen and oxygen atoms in total. The lowest BCUT2D eigenvalue weighted by Crippen LogP contribution is -2.46. The lowest BCUT2D eigenvalue weighted by atomic mass is 9.90. The highest BCUT2D eigenvalue weighted by Gasteiger charge is 2.33. The van der Waals surface area contributed by atoms with E-state index in [9.17, 15) is 27.9 Å². The van der Waals surface area contributed by atoms with Crippen LogP contribution in [0.5, 0.6) is 0 Å². The van der Waals surface area contributed by atoms with E-state index < -0.39 is 41.4 Å². The summed E-state index contributed by atoms with van der Waals surface area (Å²) >= 11 is 0. The summed E-state index contributed by atoms with van der Waals surface area (Å²) in [6.07, 6.45) is -2.35. The first kappa shape index (κ1) is 21.5. The second-order valence-corrected chi connectivity index (χ2v) is 6.63. The third kappa shape index (κ3) is 6.42. The van der Waals surface area contributed by atoms with E-state index in [1.165, 1.54) is 18.2 Å². The minimum absolute atomic E-state index is 0.319. The molecule has 0 saturated heterocycles. The Bertz CT molecular complexity index is 660. The van der Waals surface area contributed by atoms with Crippen LogP contribution in [-0.2, 0) is 15.7 Å². The minimum Gasteiger partial charge on any atom is -0.480 e. The summed E-state index contributed by atoms with van der Waals surface area (Å²) in [5.41, 5.74) is -1.34. The Morgan fingerprint density at radius 3 is 2.08 bits per heavy atom. The van der Waals surface area contributed by atoms with Gasteiger partial charge in [-0.2, -0.15) is 13.2 Å². The van der Waals surface area contributed by atoms with Crippen molar-refractivity contribution in [1.82, 2.24) is 5.32 Å². The van der Waals surface area contributed by atoms with Gasteiger partial charge in [0.25, 0.3) is 0 Å². The molecule has 0 heterocycles. The van der Waals surface area contributed by atoms with Gasteiger partial charge in [0.15, 0.2) is 0 Å². The van der Waals surface area contributed by atoms with E-state index in [1.807, 2.05) is 0 Å². The van der Waals surface area contributed by atoms with E-state index in [0.29, 0.717) is 5.56 Å². The van der Waals surface area contributed by atoms with Gasteiger partial charge in [-0.15, -0.1) is 0 Å². The molecule has 0 fully saturated rings. The predicted molar refractivity (Wildman–Crippen MR) is 89.8 cm³/mol. The number of rotatable bonds is 5. The lowest BCUT2D eigenvalue weighted by Gasteiger charge is -2.25. The molecule has 0 aliphatic heterocycles. The number of carbonyl (C=O) groups is 2. The summed E-state index contributed by atoms with van der Waals surface area (Å²) in [6.45, 7) is 6.52. The zero-order valence-corrected chi connectivity index (χ0v) is 14.9. The molecule has 1 amide bonds. The van der Waals surface area contributed by atoms with Crippen LogP contribution in [-0.4, -0.2) is 28.8 Å². The predicted octanol–water partition coefficient (Wildman–Crippen LogP) is 4.34. The van der Waals surface area contributed by atoms with Gasteiger partial charge in [-0.3, -0.25) is 0 Å². The van der Waals surface area contributed by atoms with Crippen LogP contribution in [0.3, 0.4) is 0 Å². The Kier molecular flexibility index (Phi) is 6.83. The molecule has 0 aromatic heterocycles. The Labute approximate surface area is 149 Å². The van der Waals surface area contributed by atoms with E-state index in [4.69, 9.17) is 4.74 Å². The normalized spacial score (nSPS) is 14.7. The SMILES string of the molecule is CC=C[C@H](c1ccc(C(F)(F)F)cc1)[C@@H](NC(=O)OC(C)(C)C)C(=O)O. The number of ether oxygens (including phenoxy) is 1. The standard InChI is InChI=1S/C18H22F3NO4/c1-5-6-13(11-7-9-12(10-8-11)18(19,20)21)14(15(23)24)22-16(25)26-17(2,3)4/h5-10,13-14H,1-4H3,(H,22,25)(H,23,24)/t13-,14-/m1/s1. The van der Waals surface area contributed by atoms with Crippen LogP contribution < -0.4 is 5.32 Å². The number of hydrogen-bond acceptors (Lipinski definition) is 3. The summed E-state index contributed by atoms with van der Waals surface area (Å²) in [6, 6.07) is 2.73. The number of carboxylic acids is 1. The van der Waals surface area contributed by atoms with Crippen LogP contribution in [0.4, 0.5) is 18.0 Å². The average Bonchev–Trinajstić information content (AvgIpc) is 2.48. The Morgan fingerprint density at radius 2 is 1.69 bits per heavy atom. The molecule has 0 saturated carbocycles. The Balaban J connectivity index is 3.14. The number of hydrogen-bond donors (Lipinski definition) is 2. The maximum atomic E-state index is 12.7. The smallest absolute Gasteiger partial charge is 0.416 e. The van der Waals surface area contributed by atoms with Crippen molar-refractivity contribution in [3.63, 3.8) is 0 Å². The van der Waals surface area contributed by atoms with E-state index in [2.05, 4.69) is 5.32 Å². The number of carbonyl (C=O) groups excluding carboxylic acids is 1. The van der Waals surface area contributed by atoms with Crippen molar-refractivity contribution < 1.29 is 32.6 Å². The van der Waals surface area contributed by atoms with Crippen molar-refractivity contribution >= 4 is 12.1 Å². The Morgan fingerprint density at radius 1 is 1.15 bits per heavy atom. The largest absolute Gasteiger partial charge is 0.480 e. The third-order valence-electron chi connectivity index (χ3n) is 3.32. The summed E-state index contributed by atoms with van der Waals surface area (Å²) < 4.78 is 43.2. The van der Waals surface area contributed by atoms with Crippen molar-refractivity contribution in [1.29, 1.82) is 0 Å². The zero-order chi connectivity index (χ0) is 20.1. The average molecular weight is 373 g/mol. The van der Waals surface area contributed by atoms with E-state index in [1.54, 1.807) is 33.8 Å². The molecule has 2 N–H and O–H groups in total. The number of halogens is 3. The lowest BCUT2D eigenvalue weighted by molar-refractivity contribution is -0.140. The van der Waals surface area contributed by atoms with Gasteiger partial charge in [0.05, 0.1) is 5.56 Å². The van der Waals surface area contributed by atoms with Gasteiger partial charge in [-0.1, -0.05) is 24.3 Å². The fourth-order valence-electron chi connectivity index (χ4n) is 2.26. The second kappa shape index (κ2) is 8.25. The molecule has 26 heavy (non-hydrogen) atoms. The molecule has 1 aromatic rings. The number of allylic oxidation sites excluding steroid dienone is 1. The van der Waals surface area contributed by atoms with Gasteiger partial charge in [0.1, 0.15) is 11.6 Å². The van der Waals surface area contributed by atoms with Crippen LogP contribution in [0, 0.1) is 0 Å². The van der Waals surface area contributed by atoms with Crippen LogP contribution in [0.25, 0.3) is 0 Å². The van der Waals surface area contributed by atoms with Crippen LogP contribution in [0.1, 0.15) is 44.7 Å². The summed E-state index contributed by atoms with van der Waals surface area (Å²) in [5.74, 6) is -2.20. The number of aliphatic carboxylic acids is 1. The number of nitrogens with one attached hydrogen (secondary N) is 1. The molecule has 8 heteroatoms. The van der Waals surface area contributed by atoms with Gasteiger partial charge >= 0.3 is 18.2 Å². The number of amides is 1. The highest BCUT2D eigenvalue weighted by Crippen LogP contribution is 2.31. The Hall–Kier alpha value is -2.51. The molecular formula is C18H22F3NO4. The van der Waals surface area contributed by atoms with Crippen molar-refractivity contribution in [3.8, 4) is 0 Å². The number of carboxylic acid groups (broad SMARTS) is 1. The molecule has 0 aliphatic rings. The number of alkyl carbamates (subject to hydrolysis) is 1. The first-order valence-electron chi connectivity index (χ1n) is 7.87. The first-order chi connectivity index (χ1) is 11.8. The topological polar surface area (TPSA) is 75.6 Å². The van der Waals surface area contributed by atoms with Gasteiger partial charge in [-0.05, 0) is 45.4 Å². The van der Waals surface area contributed by atoms with Crippen molar-refractivity contribution in [2.45, 2.75) is 51.4 Å². The fraction of sp³-hybridized carbons (Fsp3) is 0.444. The molecule has 0 bridgehead atoms. The van der Waals surface area contributed by atoms with Crippen LogP contribution >= 0.6 is 0 Å². The van der Waals surface area contributed by atoms with Crippen molar-refractivity contribution in [2.24, 2.45) is 0 Å². The third-order valence-corrected chi connectivity index (χ3v) is 3.32. The highest BCUT2D eigenvalue weighted by molar-refractivity contribution is 5.81. The summed E-state index contributed by atoms with van der Waals surface area (Å²) in [5, 5.41) is 11.7. The van der Waals surface area contributed by atoms with E-state index in [-0.39, 0.29) is 0 Å². The maximum Gasteiger partial charge on any atom is 0.416 e. The van der Waals surface area contributed by atoms with Crippen molar-refractivity contribution in [3.05, 3.63) is 47.5 Å². The second-order valence-electron chi connectivity index (χ2n) is 6.63. The number of benzene rings is 1. The molecule has 1 rings (SSSR count). The molecular weight excluding hydrogens is 351 g/mol. The van der Waals surface area contributed by atoms with Crippen molar-refractivity contribution in [2.75, 3.05) is 0 Å². The highest BCUT2D eigenvalue weighted by atomic mass is 19.4. The first-order valence-corrected chi connectivity index (χ1v) is 7.87. The molecule has 2 atom stereocenters. The molecule has 0 radical (unpaired) electrons. The molecule has 144 valence electrons. The summed E-state index contributed by atoms with van der Waals surface area (Å²) in [4.78, 5) is 23.6. The molecule has 1 aromatic carbocycles. The molecule has 0 unspecified atom stereocenters. The van der Waals surface area contributed by atoms with Crippen LogP contribution in [0.15, 0.2) is 36.4 Å². The minimum atomic E-state index is -4.49. The van der Waals surface area contributed by atoms with Gasteiger partial charge in [0, 0.05) is 5.92 Å². The zero-order valence-electron chi connectivity index (χ0n) is 14.9. The van der Waals surface area contributed by atoms with Crippen LogP contribution in [0.2, 0.25) is 0 Å². The maximum absolute atomic E-state index is 12.7. The van der Waals surface area contributed by atoms with Gasteiger partial charge in [-0.25, -0.2) is 9.59 Å². The summed E-state index contributed by atoms with van der Waals surface area (Å²) in [7, 11) is 0. The monoisotopic (exact) mass is 373 g/mol. The van der Waals surface area contributed by atoms with E-state index in [0.717, 1.165) is 12.1 Å². The van der Waals surface area contributed by atoms with E-state index >= 15 is 0 Å². The number of alkyl halides is 3. The fourth-order valence-corrected chi connectivity index (χ4v) is 2.26.